The molecule has 2 amide bonds. The van der Waals surface area contributed by atoms with E-state index in [0.29, 0.717) is 26.1 Å². The lowest BCUT2D eigenvalue weighted by atomic mass is 10.1. The molecule has 1 heterocycles. The second-order valence-electron chi connectivity index (χ2n) is 4.05. The highest BCUT2D eigenvalue weighted by atomic mass is 16.4. The maximum Gasteiger partial charge on any atom is 0.317 e. The molecule has 1 fully saturated rings. The van der Waals surface area contributed by atoms with Crippen LogP contribution in [0, 0.1) is 0 Å². The number of rotatable bonds is 4. The molecule has 0 spiro atoms. The number of urea groups is 1. The molecule has 1 saturated heterocycles. The SMILES string of the molecule is NC1CCN(C(=O)NCCCC(=O)O)CC1. The van der Waals surface area contributed by atoms with Crippen molar-refractivity contribution < 1.29 is 14.7 Å². The average molecular weight is 229 g/mol. The van der Waals surface area contributed by atoms with Crippen LogP contribution in [0.1, 0.15) is 25.7 Å². The first-order valence-electron chi connectivity index (χ1n) is 5.59. The molecule has 0 atom stereocenters. The van der Waals surface area contributed by atoms with Crippen LogP contribution in [0.2, 0.25) is 0 Å². The van der Waals surface area contributed by atoms with Gasteiger partial charge in [-0.1, -0.05) is 0 Å². The van der Waals surface area contributed by atoms with Crippen LogP contribution in [0.5, 0.6) is 0 Å². The Labute approximate surface area is 94.8 Å². The Morgan fingerprint density at radius 1 is 1.38 bits per heavy atom. The molecule has 4 N–H and O–H groups in total. The van der Waals surface area contributed by atoms with Gasteiger partial charge >= 0.3 is 12.0 Å². The minimum absolute atomic E-state index is 0.0884. The number of likely N-dealkylation sites (tertiary alicyclic amines) is 1. The van der Waals surface area contributed by atoms with E-state index >= 15 is 0 Å². The highest BCUT2D eigenvalue weighted by Gasteiger charge is 2.19. The third-order valence-electron chi connectivity index (χ3n) is 2.67. The minimum Gasteiger partial charge on any atom is -0.481 e. The standard InChI is InChI=1S/C10H19N3O3/c11-8-3-6-13(7-4-8)10(16)12-5-1-2-9(14)15/h8H,1-7,11H2,(H,12,16)(H,14,15). The Kier molecular flexibility index (Phi) is 5.04. The molecule has 0 aliphatic carbocycles. The first-order valence-corrected chi connectivity index (χ1v) is 5.59. The van der Waals surface area contributed by atoms with Gasteiger partial charge in [-0.3, -0.25) is 4.79 Å². The molecule has 0 aromatic rings. The van der Waals surface area contributed by atoms with E-state index in [1.54, 1.807) is 4.90 Å². The highest BCUT2D eigenvalue weighted by Crippen LogP contribution is 2.07. The molecule has 1 aliphatic rings. The van der Waals surface area contributed by atoms with Crippen LogP contribution < -0.4 is 11.1 Å². The number of nitrogens with two attached hydrogens (primary N) is 1. The molecule has 1 aliphatic heterocycles. The molecule has 0 aromatic carbocycles. The zero-order valence-electron chi connectivity index (χ0n) is 9.32. The van der Waals surface area contributed by atoms with Gasteiger partial charge in [0.25, 0.3) is 0 Å². The number of piperidine rings is 1. The molecule has 0 unspecified atom stereocenters. The van der Waals surface area contributed by atoms with Crippen molar-refractivity contribution in [3.05, 3.63) is 0 Å². The fourth-order valence-corrected chi connectivity index (χ4v) is 1.65. The van der Waals surface area contributed by atoms with Crippen LogP contribution in [0.15, 0.2) is 0 Å². The first kappa shape index (κ1) is 12.8. The van der Waals surface area contributed by atoms with Crippen LogP contribution in [0.4, 0.5) is 4.79 Å². The van der Waals surface area contributed by atoms with Crippen molar-refractivity contribution in [3.8, 4) is 0 Å². The van der Waals surface area contributed by atoms with Gasteiger partial charge in [0.15, 0.2) is 0 Å². The second-order valence-corrected chi connectivity index (χ2v) is 4.05. The topological polar surface area (TPSA) is 95.7 Å². The average Bonchev–Trinajstić information content (AvgIpc) is 2.25. The van der Waals surface area contributed by atoms with Crippen LogP contribution >= 0.6 is 0 Å². The molecular weight excluding hydrogens is 210 g/mol. The van der Waals surface area contributed by atoms with Crippen molar-refractivity contribution in [3.63, 3.8) is 0 Å². The van der Waals surface area contributed by atoms with Crippen LogP contribution in [0.25, 0.3) is 0 Å². The van der Waals surface area contributed by atoms with Gasteiger partial charge in [0.05, 0.1) is 0 Å². The van der Waals surface area contributed by atoms with Crippen molar-refractivity contribution in [1.82, 2.24) is 10.2 Å². The van der Waals surface area contributed by atoms with E-state index in [4.69, 9.17) is 10.8 Å². The molecule has 6 heteroatoms. The lowest BCUT2D eigenvalue weighted by molar-refractivity contribution is -0.137. The smallest absolute Gasteiger partial charge is 0.317 e. The molecule has 16 heavy (non-hydrogen) atoms. The maximum atomic E-state index is 11.6. The van der Waals surface area contributed by atoms with E-state index in [0.717, 1.165) is 12.8 Å². The van der Waals surface area contributed by atoms with Gasteiger partial charge < -0.3 is 21.1 Å². The molecule has 0 saturated carbocycles. The van der Waals surface area contributed by atoms with Gasteiger partial charge in [-0.25, -0.2) is 4.79 Å². The van der Waals surface area contributed by atoms with E-state index in [9.17, 15) is 9.59 Å². The summed E-state index contributed by atoms with van der Waals surface area (Å²) in [7, 11) is 0. The lowest BCUT2D eigenvalue weighted by Gasteiger charge is -2.30. The fourth-order valence-electron chi connectivity index (χ4n) is 1.65. The van der Waals surface area contributed by atoms with Crippen LogP contribution in [0.3, 0.4) is 0 Å². The van der Waals surface area contributed by atoms with Gasteiger partial charge in [-0.2, -0.15) is 0 Å². The molecule has 0 aromatic heterocycles. The zero-order chi connectivity index (χ0) is 12.0. The van der Waals surface area contributed by atoms with Gasteiger partial charge in [0.2, 0.25) is 0 Å². The Hall–Kier alpha value is -1.30. The zero-order valence-corrected chi connectivity index (χ0v) is 9.32. The van der Waals surface area contributed by atoms with Crippen LogP contribution in [-0.2, 0) is 4.79 Å². The maximum absolute atomic E-state index is 11.6. The summed E-state index contributed by atoms with van der Waals surface area (Å²) in [6.07, 6.45) is 2.23. The first-order chi connectivity index (χ1) is 7.59. The summed E-state index contributed by atoms with van der Waals surface area (Å²) >= 11 is 0. The van der Waals surface area contributed by atoms with E-state index < -0.39 is 5.97 Å². The van der Waals surface area contributed by atoms with Crippen molar-refractivity contribution in [2.75, 3.05) is 19.6 Å². The summed E-state index contributed by atoms with van der Waals surface area (Å²) in [5, 5.41) is 11.1. The fraction of sp³-hybridized carbons (Fsp3) is 0.800. The van der Waals surface area contributed by atoms with Crippen molar-refractivity contribution in [2.24, 2.45) is 5.73 Å². The number of amides is 2. The monoisotopic (exact) mass is 229 g/mol. The van der Waals surface area contributed by atoms with E-state index in [1.807, 2.05) is 0 Å². The molecular formula is C10H19N3O3. The normalized spacial score (nSPS) is 17.2. The Morgan fingerprint density at radius 3 is 2.56 bits per heavy atom. The Morgan fingerprint density at radius 2 is 2.00 bits per heavy atom. The molecule has 6 nitrogen and oxygen atoms in total. The van der Waals surface area contributed by atoms with Crippen molar-refractivity contribution in [2.45, 2.75) is 31.7 Å². The van der Waals surface area contributed by atoms with Crippen LogP contribution in [-0.4, -0.2) is 47.7 Å². The largest absolute Gasteiger partial charge is 0.481 e. The molecule has 1 rings (SSSR count). The lowest BCUT2D eigenvalue weighted by Crippen LogP contribution is -2.47. The number of hydrogen-bond acceptors (Lipinski definition) is 3. The van der Waals surface area contributed by atoms with Gasteiger partial charge in [0, 0.05) is 32.1 Å². The quantitative estimate of drug-likeness (QED) is 0.590. The molecule has 0 bridgehead atoms. The van der Waals surface area contributed by atoms with Gasteiger partial charge in [0.1, 0.15) is 0 Å². The number of hydrogen-bond donors (Lipinski definition) is 3. The van der Waals surface area contributed by atoms with Gasteiger partial charge in [-0.15, -0.1) is 0 Å². The predicted octanol–water partition coefficient (Wildman–Crippen LogP) is -0.0161. The highest BCUT2D eigenvalue weighted by molar-refractivity contribution is 5.74. The van der Waals surface area contributed by atoms with Crippen molar-refractivity contribution >= 4 is 12.0 Å². The number of nitrogens with one attached hydrogen (secondary N) is 1. The summed E-state index contributed by atoms with van der Waals surface area (Å²) in [5.74, 6) is -0.835. The third-order valence-corrected chi connectivity index (χ3v) is 2.67. The number of carboxylic acid groups (broad SMARTS) is 1. The number of nitrogens with zero attached hydrogens (tertiary/aromatic N) is 1. The van der Waals surface area contributed by atoms with E-state index in [1.165, 1.54) is 0 Å². The summed E-state index contributed by atoms with van der Waals surface area (Å²) in [5.41, 5.74) is 5.73. The van der Waals surface area contributed by atoms with E-state index in [2.05, 4.69) is 5.32 Å². The summed E-state index contributed by atoms with van der Waals surface area (Å²) in [4.78, 5) is 23.5. The Bertz CT molecular complexity index is 250. The number of carbonyl (C=O) groups excluding carboxylic acids is 1. The summed E-state index contributed by atoms with van der Waals surface area (Å²) < 4.78 is 0. The molecule has 92 valence electrons. The number of aliphatic carboxylic acids is 1. The predicted molar refractivity (Wildman–Crippen MR) is 59.1 cm³/mol. The van der Waals surface area contributed by atoms with Gasteiger partial charge in [-0.05, 0) is 19.3 Å². The summed E-state index contributed by atoms with van der Waals surface area (Å²) in [6, 6.07) is 0.0911. The minimum atomic E-state index is -0.835. The van der Waals surface area contributed by atoms with E-state index in [-0.39, 0.29) is 18.5 Å². The second kappa shape index (κ2) is 6.32. The Balaban J connectivity index is 2.12. The molecule has 0 radical (unpaired) electrons. The van der Waals surface area contributed by atoms with Crippen molar-refractivity contribution in [1.29, 1.82) is 0 Å². The summed E-state index contributed by atoms with van der Waals surface area (Å²) in [6.45, 7) is 1.78. The number of carboxylic acids is 1. The number of carbonyl (C=O) groups is 2. The third kappa shape index (κ3) is 4.48.